The van der Waals surface area contributed by atoms with Crippen molar-refractivity contribution >= 4 is 41.8 Å². The third kappa shape index (κ3) is 35.7. The molecule has 0 N–H and O–H groups in total. The van der Waals surface area contributed by atoms with Crippen LogP contribution < -0.4 is 0 Å². The van der Waals surface area contributed by atoms with E-state index in [1.54, 1.807) is 27.7 Å². The minimum absolute atomic E-state index is 0.142. The van der Waals surface area contributed by atoms with Crippen molar-refractivity contribution in [3.63, 3.8) is 0 Å². The van der Waals surface area contributed by atoms with E-state index in [4.69, 9.17) is 61.6 Å². The van der Waals surface area contributed by atoms with Crippen LogP contribution in [0.25, 0.3) is 0 Å². The maximum Gasteiger partial charge on any atom is 0.333 e. The Morgan fingerprint density at radius 2 is 0.700 bits per heavy atom. The van der Waals surface area contributed by atoms with Gasteiger partial charge in [-0.15, -0.1) is 0 Å². The molecular weight excluding hydrogens is 1040 g/mol. The van der Waals surface area contributed by atoms with Crippen LogP contribution in [0.15, 0.2) is 86.6 Å². The van der Waals surface area contributed by atoms with Crippen LogP contribution in [0.4, 0.5) is 0 Å². The van der Waals surface area contributed by atoms with Crippen molar-refractivity contribution in [2.75, 3.05) is 79.3 Å². The van der Waals surface area contributed by atoms with Gasteiger partial charge in [0.1, 0.15) is 25.4 Å². The first-order valence-corrected chi connectivity index (χ1v) is 27.3. The molecule has 0 bridgehead atoms. The van der Waals surface area contributed by atoms with E-state index in [9.17, 15) is 33.6 Å². The lowest BCUT2D eigenvalue weighted by molar-refractivity contribution is -0.141. The molecule has 80 heavy (non-hydrogen) atoms. The fourth-order valence-corrected chi connectivity index (χ4v) is 6.96. The number of esters is 7. The second-order valence-electron chi connectivity index (χ2n) is 20.3. The molecule has 9 aliphatic rings. The molecule has 0 amide bonds. The van der Waals surface area contributed by atoms with Gasteiger partial charge in [0.25, 0.3) is 0 Å². The molecule has 11 unspecified atom stereocenters. The summed E-state index contributed by atoms with van der Waals surface area (Å²) in [5, 5.41) is 0. The van der Waals surface area contributed by atoms with E-state index in [2.05, 4.69) is 50.8 Å². The molecule has 2 aliphatic carbocycles. The lowest BCUT2D eigenvalue weighted by Crippen LogP contribution is -2.20. The van der Waals surface area contributed by atoms with Gasteiger partial charge in [0.15, 0.2) is 0 Å². The second-order valence-corrected chi connectivity index (χ2v) is 20.3. The third-order valence-corrected chi connectivity index (χ3v) is 12.3. The van der Waals surface area contributed by atoms with E-state index in [1.165, 1.54) is 12.2 Å². The van der Waals surface area contributed by atoms with Gasteiger partial charge in [-0.25, -0.2) is 33.6 Å². The number of hydrogen-bond donors (Lipinski definition) is 0. The molecular formula is C59H86O21. The standard InChI is InChI=1S/C11H16O3.C10H14O3.C9H14O3.2C8H12O3.C7H10O3.C6H8O3/c1-7(2)11(12)13-6-8-3-4-9-10(5-8)14-9;1-2-10(11)12-6-7-3-4-8-9(5-7)13-8;1-7(2)9(10)11-5-3-4-8-6-12-8;1-6(2)8(9)10-4-3-7-5-11-7;1-2-8(9)10-5-3-4-7-6-11-7;1-5(2)7(8)10-4-6-3-9-6;1-2-6(7)9-4-5-3-8-5/h8-10H,1,3-6H2,2H3;2,7-9H,1,3-6H2;8H,1,3-6H2,2H3;7H,1,3-5H2,2H3;2,7H,1,3-6H2;6H,1,3-4H2,2H3;2,5H,1,3-4H2. The number of rotatable bonds is 26. The summed E-state index contributed by atoms with van der Waals surface area (Å²) >= 11 is 0. The fourth-order valence-electron chi connectivity index (χ4n) is 6.96. The predicted molar refractivity (Wildman–Crippen MR) is 290 cm³/mol. The van der Waals surface area contributed by atoms with E-state index >= 15 is 0 Å². The molecule has 0 radical (unpaired) electrons. The topological polar surface area (TPSA) is 272 Å². The highest BCUT2D eigenvalue weighted by molar-refractivity contribution is 5.88. The molecule has 21 nitrogen and oxygen atoms in total. The van der Waals surface area contributed by atoms with Crippen molar-refractivity contribution in [3.8, 4) is 0 Å². The Bertz CT molecular complexity index is 2080. The summed E-state index contributed by atoms with van der Waals surface area (Å²) in [5.41, 5.74) is 1.81. The highest BCUT2D eigenvalue weighted by atomic mass is 16.6. The molecule has 0 aromatic rings. The van der Waals surface area contributed by atoms with E-state index in [-0.39, 0.29) is 54.0 Å². The third-order valence-electron chi connectivity index (χ3n) is 12.3. The number of fused-ring (bicyclic) bond motifs is 2. The van der Waals surface area contributed by atoms with Gasteiger partial charge in [-0.3, -0.25) is 0 Å². The molecule has 9 rings (SSSR count). The fraction of sp³-hybridized carbons (Fsp3) is 0.644. The smallest absolute Gasteiger partial charge is 0.333 e. The quantitative estimate of drug-likeness (QED) is 0.0288. The lowest BCUT2D eigenvalue weighted by atomic mass is 9.90. The summed E-state index contributed by atoms with van der Waals surface area (Å²) in [7, 11) is 0. The minimum Gasteiger partial charge on any atom is -0.463 e. The second kappa shape index (κ2) is 38.0. The predicted octanol–water partition coefficient (Wildman–Crippen LogP) is 6.65. The van der Waals surface area contributed by atoms with Crippen LogP contribution in [0.3, 0.4) is 0 Å². The van der Waals surface area contributed by atoms with Gasteiger partial charge in [0.05, 0.1) is 109 Å². The van der Waals surface area contributed by atoms with Crippen molar-refractivity contribution in [1.29, 1.82) is 0 Å². The monoisotopic (exact) mass is 1130 g/mol. The number of hydrogen-bond acceptors (Lipinski definition) is 21. The first-order valence-electron chi connectivity index (χ1n) is 27.3. The van der Waals surface area contributed by atoms with Gasteiger partial charge in [-0.05, 0) is 104 Å². The number of ether oxygens (including phenoxy) is 14. The first kappa shape index (κ1) is 68.5. The zero-order valence-electron chi connectivity index (χ0n) is 47.4. The Labute approximate surface area is 471 Å². The Balaban J connectivity index is 0.000000246. The number of carbonyl (C=O) groups excluding carboxylic acids is 7. The largest absolute Gasteiger partial charge is 0.463 e. The van der Waals surface area contributed by atoms with Crippen LogP contribution >= 0.6 is 0 Å². The van der Waals surface area contributed by atoms with Crippen LogP contribution in [0.1, 0.15) is 98.3 Å². The lowest BCUT2D eigenvalue weighted by Gasteiger charge is -2.18. The average Bonchev–Trinajstić information content (AvgIpc) is 4.26. The normalized spacial score (nSPS) is 26.0. The van der Waals surface area contributed by atoms with Crippen molar-refractivity contribution in [2.45, 2.75) is 153 Å². The highest BCUT2D eigenvalue weighted by Crippen LogP contribution is 2.40. The molecule has 21 heteroatoms. The molecule has 7 heterocycles. The van der Waals surface area contributed by atoms with Crippen molar-refractivity contribution in [1.82, 2.24) is 0 Å². The molecule has 9 fully saturated rings. The van der Waals surface area contributed by atoms with Gasteiger partial charge in [-0.2, -0.15) is 0 Å². The average molecular weight is 1130 g/mol. The summed E-state index contributed by atoms with van der Waals surface area (Å²) in [6.07, 6.45) is 18.1. The molecule has 11 atom stereocenters. The van der Waals surface area contributed by atoms with Crippen molar-refractivity contribution < 1.29 is 99.9 Å². The van der Waals surface area contributed by atoms with Crippen LogP contribution in [0.2, 0.25) is 0 Å². The molecule has 7 saturated heterocycles. The van der Waals surface area contributed by atoms with E-state index in [0.29, 0.717) is 136 Å². The summed E-state index contributed by atoms with van der Waals surface area (Å²) < 4.78 is 69.3. The van der Waals surface area contributed by atoms with E-state index in [0.717, 1.165) is 96.5 Å². The van der Waals surface area contributed by atoms with Gasteiger partial charge in [-0.1, -0.05) is 46.1 Å². The minimum atomic E-state index is -0.384. The number of carbonyl (C=O) groups is 7. The van der Waals surface area contributed by atoms with Gasteiger partial charge in [0.2, 0.25) is 0 Å². The Morgan fingerprint density at radius 1 is 0.388 bits per heavy atom. The summed E-state index contributed by atoms with van der Waals surface area (Å²) in [6.45, 7) is 37.5. The molecule has 0 spiro atoms. The van der Waals surface area contributed by atoms with Gasteiger partial charge in [0, 0.05) is 46.9 Å². The molecule has 448 valence electrons. The highest BCUT2D eigenvalue weighted by Gasteiger charge is 2.45. The maximum atomic E-state index is 11.1. The maximum absolute atomic E-state index is 11.1. The van der Waals surface area contributed by atoms with Crippen LogP contribution in [0.5, 0.6) is 0 Å². The molecule has 0 aromatic heterocycles. The Morgan fingerprint density at radius 3 is 1.07 bits per heavy atom. The van der Waals surface area contributed by atoms with E-state index < -0.39 is 0 Å². The van der Waals surface area contributed by atoms with Gasteiger partial charge < -0.3 is 66.3 Å². The first-order chi connectivity index (χ1) is 38.2. The summed E-state index contributed by atoms with van der Waals surface area (Å²) in [4.78, 5) is 75.1. The summed E-state index contributed by atoms with van der Waals surface area (Å²) in [6, 6.07) is 0. The number of epoxide rings is 7. The molecule has 0 aromatic carbocycles. The van der Waals surface area contributed by atoms with Crippen molar-refractivity contribution in [2.24, 2.45) is 11.8 Å². The van der Waals surface area contributed by atoms with Crippen molar-refractivity contribution in [3.05, 3.63) is 86.6 Å². The SMILES string of the molecule is C=C(C)C(=O)OCC1CCC2OC2C1.C=C(C)C(=O)OCC1CO1.C=C(C)C(=O)OCCC1CO1.C=C(C)C(=O)OCCCC1CO1.C=CC(=O)OCC1CCC2OC2C1.C=CC(=O)OCC1CO1.C=CC(=O)OCCCC1CO1. The molecule has 7 aliphatic heterocycles. The van der Waals surface area contributed by atoms with Crippen LogP contribution in [-0.4, -0.2) is 176 Å². The Kier molecular flexibility index (Phi) is 32.5. The van der Waals surface area contributed by atoms with Gasteiger partial charge >= 0.3 is 41.8 Å². The van der Waals surface area contributed by atoms with E-state index in [1.807, 2.05) is 0 Å². The zero-order chi connectivity index (χ0) is 59.0. The van der Waals surface area contributed by atoms with Crippen LogP contribution in [0, 0.1) is 11.8 Å². The molecule has 2 saturated carbocycles. The Hall–Kier alpha value is -5.81. The summed E-state index contributed by atoms with van der Waals surface area (Å²) in [5.74, 6) is -1.29. The zero-order valence-corrected chi connectivity index (χ0v) is 47.4. The van der Waals surface area contributed by atoms with Crippen LogP contribution in [-0.2, 0) is 99.9 Å².